The van der Waals surface area contributed by atoms with Gasteiger partial charge in [-0.15, -0.1) is 0 Å². The van der Waals surface area contributed by atoms with Gasteiger partial charge in [-0.1, -0.05) is 52.9 Å². The zero-order valence-corrected chi connectivity index (χ0v) is 14.4. The van der Waals surface area contributed by atoms with Gasteiger partial charge in [0.15, 0.2) is 0 Å². The van der Waals surface area contributed by atoms with Gasteiger partial charge in [0.1, 0.15) is 11.5 Å². The summed E-state index contributed by atoms with van der Waals surface area (Å²) >= 11 is 2.34. The standard InChI is InChI=1S/C17H19IO3/c1-19-14-9-7-13(8-10-14)12-21-17(11-18)15-5-3-4-6-16(15)20-2/h3-10,17H,11-12H2,1-2H3. The highest BCUT2D eigenvalue weighted by Crippen LogP contribution is 2.29. The number of methoxy groups -OCH3 is 2. The Morgan fingerprint density at radius 1 is 0.952 bits per heavy atom. The summed E-state index contributed by atoms with van der Waals surface area (Å²) in [4.78, 5) is 0. The zero-order chi connectivity index (χ0) is 15.1. The first-order valence-corrected chi connectivity index (χ1v) is 8.24. The number of alkyl halides is 1. The molecule has 4 heteroatoms. The third-order valence-electron chi connectivity index (χ3n) is 3.24. The fourth-order valence-electron chi connectivity index (χ4n) is 2.07. The van der Waals surface area contributed by atoms with E-state index in [9.17, 15) is 0 Å². The molecule has 0 spiro atoms. The molecule has 1 atom stereocenters. The molecule has 0 bridgehead atoms. The van der Waals surface area contributed by atoms with Crippen LogP contribution in [-0.2, 0) is 11.3 Å². The Labute approximate surface area is 139 Å². The largest absolute Gasteiger partial charge is 0.497 e. The summed E-state index contributed by atoms with van der Waals surface area (Å²) in [6.07, 6.45) is 0.0175. The molecule has 112 valence electrons. The lowest BCUT2D eigenvalue weighted by Gasteiger charge is -2.18. The van der Waals surface area contributed by atoms with Crippen molar-refractivity contribution in [3.05, 3.63) is 59.7 Å². The highest BCUT2D eigenvalue weighted by Gasteiger charge is 2.15. The van der Waals surface area contributed by atoms with E-state index in [2.05, 4.69) is 28.7 Å². The molecular formula is C17H19IO3. The molecule has 2 aromatic rings. The lowest BCUT2D eigenvalue weighted by molar-refractivity contribution is 0.0561. The average Bonchev–Trinajstić information content (AvgIpc) is 2.56. The monoisotopic (exact) mass is 398 g/mol. The Morgan fingerprint density at radius 2 is 1.67 bits per heavy atom. The van der Waals surface area contributed by atoms with Crippen molar-refractivity contribution in [1.82, 2.24) is 0 Å². The average molecular weight is 398 g/mol. The molecule has 1 unspecified atom stereocenters. The van der Waals surface area contributed by atoms with E-state index >= 15 is 0 Å². The van der Waals surface area contributed by atoms with Gasteiger partial charge < -0.3 is 14.2 Å². The molecule has 0 aliphatic carbocycles. The Kier molecular flexibility index (Phi) is 6.32. The van der Waals surface area contributed by atoms with Crippen molar-refractivity contribution >= 4 is 22.6 Å². The topological polar surface area (TPSA) is 27.7 Å². The van der Waals surface area contributed by atoms with E-state index in [0.29, 0.717) is 6.61 Å². The minimum absolute atomic E-state index is 0.0175. The van der Waals surface area contributed by atoms with Gasteiger partial charge in [0.25, 0.3) is 0 Å². The van der Waals surface area contributed by atoms with Crippen molar-refractivity contribution in [2.75, 3.05) is 18.6 Å². The van der Waals surface area contributed by atoms with Gasteiger partial charge in [0, 0.05) is 9.99 Å². The number of rotatable bonds is 7. The molecule has 0 N–H and O–H groups in total. The number of halogens is 1. The van der Waals surface area contributed by atoms with Crippen molar-refractivity contribution in [3.63, 3.8) is 0 Å². The van der Waals surface area contributed by atoms with Gasteiger partial charge >= 0.3 is 0 Å². The number of hydrogen-bond donors (Lipinski definition) is 0. The van der Waals surface area contributed by atoms with Crippen LogP contribution >= 0.6 is 22.6 Å². The van der Waals surface area contributed by atoms with Crippen LogP contribution in [0.1, 0.15) is 17.2 Å². The van der Waals surface area contributed by atoms with Crippen molar-refractivity contribution in [1.29, 1.82) is 0 Å². The molecule has 2 rings (SSSR count). The third-order valence-corrected chi connectivity index (χ3v) is 4.04. The first kappa shape index (κ1) is 16.1. The molecule has 0 radical (unpaired) electrons. The smallest absolute Gasteiger partial charge is 0.124 e. The molecule has 0 saturated carbocycles. The van der Waals surface area contributed by atoms with E-state index in [1.54, 1.807) is 14.2 Å². The van der Waals surface area contributed by atoms with Gasteiger partial charge in [-0.3, -0.25) is 0 Å². The molecule has 21 heavy (non-hydrogen) atoms. The van der Waals surface area contributed by atoms with Crippen LogP contribution in [0.3, 0.4) is 0 Å². The number of ether oxygens (including phenoxy) is 3. The normalized spacial score (nSPS) is 12.0. The van der Waals surface area contributed by atoms with Gasteiger partial charge in [-0.25, -0.2) is 0 Å². The van der Waals surface area contributed by atoms with E-state index in [1.165, 1.54) is 0 Å². The maximum atomic E-state index is 6.05. The fourth-order valence-corrected chi connectivity index (χ4v) is 2.80. The Bertz CT molecular complexity index is 554. The summed E-state index contributed by atoms with van der Waals surface area (Å²) < 4.78 is 17.5. The van der Waals surface area contributed by atoms with Crippen molar-refractivity contribution in [2.45, 2.75) is 12.7 Å². The zero-order valence-electron chi connectivity index (χ0n) is 12.2. The molecular weight excluding hydrogens is 379 g/mol. The molecule has 0 saturated heterocycles. The van der Waals surface area contributed by atoms with E-state index in [0.717, 1.165) is 27.1 Å². The number of benzene rings is 2. The lowest BCUT2D eigenvalue weighted by Crippen LogP contribution is -2.07. The quantitative estimate of drug-likeness (QED) is 0.511. The van der Waals surface area contributed by atoms with Gasteiger partial charge in [0.2, 0.25) is 0 Å². The first-order valence-electron chi connectivity index (χ1n) is 6.72. The van der Waals surface area contributed by atoms with E-state index in [1.807, 2.05) is 42.5 Å². The van der Waals surface area contributed by atoms with E-state index < -0.39 is 0 Å². The van der Waals surface area contributed by atoms with Crippen LogP contribution in [0.2, 0.25) is 0 Å². The second-order valence-electron chi connectivity index (χ2n) is 4.54. The summed E-state index contributed by atoms with van der Waals surface area (Å²) in [5.74, 6) is 1.72. The molecule has 2 aromatic carbocycles. The predicted octanol–water partition coefficient (Wildman–Crippen LogP) is 4.40. The van der Waals surface area contributed by atoms with Crippen LogP contribution in [-0.4, -0.2) is 18.6 Å². The Morgan fingerprint density at radius 3 is 2.29 bits per heavy atom. The highest BCUT2D eigenvalue weighted by atomic mass is 127. The summed E-state index contributed by atoms with van der Waals surface area (Å²) in [6.45, 7) is 0.565. The van der Waals surface area contributed by atoms with E-state index in [-0.39, 0.29) is 6.10 Å². The maximum Gasteiger partial charge on any atom is 0.124 e. The first-order chi connectivity index (χ1) is 10.3. The van der Waals surface area contributed by atoms with Crippen LogP contribution in [0, 0.1) is 0 Å². The Balaban J connectivity index is 2.05. The maximum absolute atomic E-state index is 6.05. The predicted molar refractivity (Wildman–Crippen MR) is 92.4 cm³/mol. The minimum atomic E-state index is 0.0175. The van der Waals surface area contributed by atoms with Crippen LogP contribution in [0.4, 0.5) is 0 Å². The van der Waals surface area contributed by atoms with Gasteiger partial charge in [-0.2, -0.15) is 0 Å². The molecule has 0 amide bonds. The van der Waals surface area contributed by atoms with Crippen molar-refractivity contribution < 1.29 is 14.2 Å². The fraction of sp³-hybridized carbons (Fsp3) is 0.294. The molecule has 0 heterocycles. The highest BCUT2D eigenvalue weighted by molar-refractivity contribution is 14.1. The lowest BCUT2D eigenvalue weighted by atomic mass is 10.1. The molecule has 0 aromatic heterocycles. The molecule has 0 fully saturated rings. The summed E-state index contributed by atoms with van der Waals surface area (Å²) in [5, 5.41) is 0. The van der Waals surface area contributed by atoms with Crippen LogP contribution < -0.4 is 9.47 Å². The van der Waals surface area contributed by atoms with Crippen LogP contribution in [0.25, 0.3) is 0 Å². The number of para-hydroxylation sites is 1. The van der Waals surface area contributed by atoms with E-state index in [4.69, 9.17) is 14.2 Å². The molecule has 0 aliphatic rings. The minimum Gasteiger partial charge on any atom is -0.497 e. The Hall–Kier alpha value is -1.27. The molecule has 0 aliphatic heterocycles. The van der Waals surface area contributed by atoms with Crippen molar-refractivity contribution in [3.8, 4) is 11.5 Å². The molecule has 3 nitrogen and oxygen atoms in total. The van der Waals surface area contributed by atoms with Gasteiger partial charge in [-0.05, 0) is 23.8 Å². The van der Waals surface area contributed by atoms with Crippen LogP contribution in [0.5, 0.6) is 11.5 Å². The second-order valence-corrected chi connectivity index (χ2v) is 5.42. The summed E-state index contributed by atoms with van der Waals surface area (Å²) in [5.41, 5.74) is 2.21. The summed E-state index contributed by atoms with van der Waals surface area (Å²) in [6, 6.07) is 15.9. The van der Waals surface area contributed by atoms with Crippen molar-refractivity contribution in [2.24, 2.45) is 0 Å². The van der Waals surface area contributed by atoms with Gasteiger partial charge in [0.05, 0.1) is 26.9 Å². The number of hydrogen-bond acceptors (Lipinski definition) is 3. The van der Waals surface area contributed by atoms with Crippen LogP contribution in [0.15, 0.2) is 48.5 Å². The second kappa shape index (κ2) is 8.24. The third kappa shape index (κ3) is 4.35. The SMILES string of the molecule is COc1ccc(COC(CI)c2ccccc2OC)cc1. The summed E-state index contributed by atoms with van der Waals surface area (Å²) in [7, 11) is 3.35.